The zero-order valence-corrected chi connectivity index (χ0v) is 22.9. The first-order valence-corrected chi connectivity index (χ1v) is 13.1. The molecule has 1 aliphatic heterocycles. The van der Waals surface area contributed by atoms with E-state index < -0.39 is 0 Å². The molecule has 2 N–H and O–H groups in total. The Balaban J connectivity index is 1.63. The van der Waals surface area contributed by atoms with Crippen molar-refractivity contribution in [2.75, 3.05) is 17.3 Å². The first-order valence-electron chi connectivity index (χ1n) is 12.3. The van der Waals surface area contributed by atoms with Gasteiger partial charge < -0.3 is 24.8 Å². The van der Waals surface area contributed by atoms with Crippen molar-refractivity contribution in [1.29, 1.82) is 0 Å². The Morgan fingerprint density at radius 2 is 1.95 bits per heavy atom. The smallest absolute Gasteiger partial charge is 0.224 e. The number of nitrogens with zero attached hydrogens (tertiary/aromatic N) is 3. The molecule has 4 aromatic rings. The molecule has 2 aromatic carbocycles. The van der Waals surface area contributed by atoms with Gasteiger partial charge in [-0.15, -0.1) is 0 Å². The fourth-order valence-corrected chi connectivity index (χ4v) is 5.22. The number of amides is 1. The second kappa shape index (κ2) is 10.8. The van der Waals surface area contributed by atoms with Crippen molar-refractivity contribution in [3.63, 3.8) is 0 Å². The molecule has 1 saturated heterocycles. The lowest BCUT2D eigenvalue weighted by Crippen LogP contribution is -2.30. The minimum atomic E-state index is -0.232. The number of nitrogens with one attached hydrogen (secondary N) is 2. The standard InChI is InChI=1S/C29H28ClN5O2S/c1-4-26(36)32-22-13-11-20(17-25(22)37-3)35-28(27(33-29(35)38)23-8-5-6-14-31-23)24-9-7-15-34(24)19-10-12-21(30)18(2)16-19/h5-17,27-28H,4H2,1-3H3,(H,32,36)(H,33,38). The van der Waals surface area contributed by atoms with Crippen LogP contribution in [0.15, 0.2) is 79.1 Å². The lowest BCUT2D eigenvalue weighted by atomic mass is 10.0. The molecule has 1 amide bonds. The molecule has 194 valence electrons. The van der Waals surface area contributed by atoms with E-state index in [0.29, 0.717) is 23.0 Å². The van der Waals surface area contributed by atoms with Crippen molar-refractivity contribution in [2.24, 2.45) is 0 Å². The van der Waals surface area contributed by atoms with Crippen molar-refractivity contribution in [2.45, 2.75) is 32.4 Å². The number of hydrogen-bond donors (Lipinski definition) is 2. The van der Waals surface area contributed by atoms with Crippen molar-refractivity contribution in [3.05, 3.63) is 101 Å². The minimum Gasteiger partial charge on any atom is -0.494 e. The molecule has 3 heterocycles. The Bertz CT molecular complexity index is 1490. The highest BCUT2D eigenvalue weighted by Crippen LogP contribution is 2.44. The van der Waals surface area contributed by atoms with Gasteiger partial charge in [0.05, 0.1) is 24.5 Å². The molecule has 0 radical (unpaired) electrons. The SMILES string of the molecule is CCC(=O)Nc1ccc(N2C(=S)NC(c3ccccn3)C2c2cccn2-c2ccc(Cl)c(C)c2)cc1OC. The fraction of sp³-hybridized carbons (Fsp3) is 0.207. The number of ether oxygens (including phenoxy) is 1. The third-order valence-electron chi connectivity index (χ3n) is 6.66. The highest BCUT2D eigenvalue weighted by molar-refractivity contribution is 7.80. The molecule has 2 atom stereocenters. The number of halogens is 1. The van der Waals surface area contributed by atoms with Gasteiger partial charge in [-0.1, -0.05) is 24.6 Å². The summed E-state index contributed by atoms with van der Waals surface area (Å²) in [5.41, 5.74) is 5.34. The van der Waals surface area contributed by atoms with Crippen LogP contribution in [0, 0.1) is 6.92 Å². The van der Waals surface area contributed by atoms with Gasteiger partial charge in [0.2, 0.25) is 5.91 Å². The van der Waals surface area contributed by atoms with Gasteiger partial charge in [0.1, 0.15) is 11.8 Å². The van der Waals surface area contributed by atoms with Crippen LogP contribution in [0.2, 0.25) is 5.02 Å². The summed E-state index contributed by atoms with van der Waals surface area (Å²) < 4.78 is 7.80. The molecule has 1 fully saturated rings. The first-order chi connectivity index (χ1) is 18.4. The number of thiocarbonyl (C=S) groups is 1. The normalized spacial score (nSPS) is 16.8. The van der Waals surface area contributed by atoms with Crippen molar-refractivity contribution < 1.29 is 9.53 Å². The monoisotopic (exact) mass is 545 g/mol. The van der Waals surface area contributed by atoms with E-state index in [4.69, 9.17) is 28.6 Å². The summed E-state index contributed by atoms with van der Waals surface area (Å²) in [6.45, 7) is 3.81. The van der Waals surface area contributed by atoms with Crippen LogP contribution in [0.1, 0.15) is 42.4 Å². The molecule has 0 spiro atoms. The highest BCUT2D eigenvalue weighted by atomic mass is 35.5. The van der Waals surface area contributed by atoms with E-state index in [0.717, 1.165) is 33.3 Å². The Kier molecular flexibility index (Phi) is 7.35. The molecule has 0 saturated carbocycles. The molecule has 38 heavy (non-hydrogen) atoms. The van der Waals surface area contributed by atoms with Crippen LogP contribution in [0.4, 0.5) is 11.4 Å². The van der Waals surface area contributed by atoms with Gasteiger partial charge in [-0.3, -0.25) is 9.78 Å². The van der Waals surface area contributed by atoms with E-state index >= 15 is 0 Å². The quantitative estimate of drug-likeness (QED) is 0.263. The number of anilines is 2. The Morgan fingerprint density at radius 1 is 1.13 bits per heavy atom. The number of rotatable bonds is 7. The predicted octanol–water partition coefficient (Wildman–Crippen LogP) is 6.37. The molecule has 5 rings (SSSR count). The lowest BCUT2D eigenvalue weighted by molar-refractivity contribution is -0.115. The van der Waals surface area contributed by atoms with Crippen LogP contribution in [0.3, 0.4) is 0 Å². The van der Waals surface area contributed by atoms with Gasteiger partial charge in [-0.05, 0) is 79.3 Å². The maximum Gasteiger partial charge on any atom is 0.224 e. The lowest BCUT2D eigenvalue weighted by Gasteiger charge is -2.29. The summed E-state index contributed by atoms with van der Waals surface area (Å²) in [5.74, 6) is 0.467. The van der Waals surface area contributed by atoms with E-state index in [9.17, 15) is 4.79 Å². The number of pyridine rings is 1. The molecule has 2 unspecified atom stereocenters. The fourth-order valence-electron chi connectivity index (χ4n) is 4.75. The molecule has 2 aromatic heterocycles. The van der Waals surface area contributed by atoms with E-state index in [2.05, 4.69) is 37.2 Å². The number of benzene rings is 2. The minimum absolute atomic E-state index is 0.0846. The number of carbonyl (C=O) groups is 1. The summed E-state index contributed by atoms with van der Waals surface area (Å²) in [5, 5.41) is 7.69. The van der Waals surface area contributed by atoms with Crippen molar-refractivity contribution in [1.82, 2.24) is 14.9 Å². The van der Waals surface area contributed by atoms with E-state index in [1.165, 1.54) is 0 Å². The molecule has 0 aliphatic carbocycles. The summed E-state index contributed by atoms with van der Waals surface area (Å²) in [6, 6.07) is 21.2. The van der Waals surface area contributed by atoms with E-state index in [-0.39, 0.29) is 18.0 Å². The van der Waals surface area contributed by atoms with Gasteiger partial charge in [0, 0.05) is 47.0 Å². The largest absolute Gasteiger partial charge is 0.494 e. The van der Waals surface area contributed by atoms with E-state index in [1.54, 1.807) is 13.3 Å². The van der Waals surface area contributed by atoms with Crippen molar-refractivity contribution in [3.8, 4) is 11.4 Å². The number of methoxy groups -OCH3 is 1. The second-order valence-corrected chi connectivity index (χ2v) is 9.81. The number of carbonyl (C=O) groups excluding carboxylic acids is 1. The first kappa shape index (κ1) is 25.8. The predicted molar refractivity (Wildman–Crippen MR) is 155 cm³/mol. The summed E-state index contributed by atoms with van der Waals surface area (Å²) in [7, 11) is 1.59. The van der Waals surface area contributed by atoms with Crippen LogP contribution < -0.4 is 20.3 Å². The average molecular weight is 546 g/mol. The maximum absolute atomic E-state index is 12.0. The van der Waals surface area contributed by atoms with Gasteiger partial charge in [-0.25, -0.2) is 0 Å². The van der Waals surface area contributed by atoms with Crippen LogP contribution in [0.5, 0.6) is 5.75 Å². The van der Waals surface area contributed by atoms with Crippen LogP contribution in [-0.4, -0.2) is 27.7 Å². The molecular formula is C29H28ClN5O2S. The Hall–Kier alpha value is -3.88. The van der Waals surface area contributed by atoms with Crippen molar-refractivity contribution >= 4 is 46.2 Å². The van der Waals surface area contributed by atoms with Gasteiger partial charge in [0.25, 0.3) is 0 Å². The third-order valence-corrected chi connectivity index (χ3v) is 7.40. The number of aromatic nitrogens is 2. The van der Waals surface area contributed by atoms with E-state index in [1.807, 2.05) is 74.6 Å². The highest BCUT2D eigenvalue weighted by Gasteiger charge is 2.42. The molecule has 9 heteroatoms. The van der Waals surface area contributed by atoms with Gasteiger partial charge in [0.15, 0.2) is 5.11 Å². The van der Waals surface area contributed by atoms with Gasteiger partial charge in [-0.2, -0.15) is 0 Å². The summed E-state index contributed by atoms with van der Waals surface area (Å²) in [6.07, 6.45) is 4.20. The molecule has 0 bridgehead atoms. The Morgan fingerprint density at radius 3 is 2.66 bits per heavy atom. The zero-order chi connectivity index (χ0) is 26.8. The second-order valence-electron chi connectivity index (χ2n) is 9.02. The Labute approximate surface area is 232 Å². The maximum atomic E-state index is 12.0. The number of hydrogen-bond acceptors (Lipinski definition) is 4. The van der Waals surface area contributed by atoms with Gasteiger partial charge >= 0.3 is 0 Å². The average Bonchev–Trinajstić information content (AvgIpc) is 3.55. The molecule has 1 aliphatic rings. The van der Waals surface area contributed by atoms with Crippen LogP contribution in [-0.2, 0) is 4.79 Å². The third kappa shape index (κ3) is 4.85. The van der Waals surface area contributed by atoms with Crippen LogP contribution in [0.25, 0.3) is 5.69 Å². The number of aryl methyl sites for hydroxylation is 1. The molecular weight excluding hydrogens is 518 g/mol. The topological polar surface area (TPSA) is 71.4 Å². The van der Waals surface area contributed by atoms with Crippen LogP contribution >= 0.6 is 23.8 Å². The summed E-state index contributed by atoms with van der Waals surface area (Å²) in [4.78, 5) is 18.8. The molecule has 7 nitrogen and oxygen atoms in total. The summed E-state index contributed by atoms with van der Waals surface area (Å²) >= 11 is 12.2. The zero-order valence-electron chi connectivity index (χ0n) is 21.3.